The Hall–Kier alpha value is -2.28. The minimum Gasteiger partial charge on any atom is -0.393 e. The molecular formula is C26H33FN2O3. The van der Waals surface area contributed by atoms with E-state index in [0.717, 1.165) is 50.8 Å². The van der Waals surface area contributed by atoms with Gasteiger partial charge >= 0.3 is 0 Å². The lowest BCUT2D eigenvalue weighted by molar-refractivity contribution is 0.00482. The predicted octanol–water partition coefficient (Wildman–Crippen LogP) is 3.25. The third kappa shape index (κ3) is 5.20. The quantitative estimate of drug-likeness (QED) is 0.624. The van der Waals surface area contributed by atoms with Crippen molar-refractivity contribution in [3.63, 3.8) is 0 Å². The van der Waals surface area contributed by atoms with E-state index in [2.05, 4.69) is 22.3 Å². The van der Waals surface area contributed by atoms with Crippen molar-refractivity contribution in [3.8, 4) is 0 Å². The third-order valence-corrected chi connectivity index (χ3v) is 7.31. The maximum Gasteiger partial charge on any atom is 0.251 e. The molecule has 1 aliphatic heterocycles. The second-order valence-electron chi connectivity index (χ2n) is 9.32. The lowest BCUT2D eigenvalue weighted by atomic mass is 9.74. The number of aliphatic hydroxyl groups is 2. The molecule has 0 unspecified atom stereocenters. The van der Waals surface area contributed by atoms with Gasteiger partial charge in [-0.2, -0.15) is 0 Å². The molecule has 32 heavy (non-hydrogen) atoms. The van der Waals surface area contributed by atoms with Crippen LogP contribution < -0.4 is 5.32 Å². The van der Waals surface area contributed by atoms with Gasteiger partial charge in [-0.05, 0) is 62.3 Å². The molecule has 1 saturated heterocycles. The Bertz CT molecular complexity index is 901. The van der Waals surface area contributed by atoms with E-state index in [0.29, 0.717) is 18.5 Å². The van der Waals surface area contributed by atoms with Gasteiger partial charge in [0, 0.05) is 36.7 Å². The van der Waals surface area contributed by atoms with Crippen molar-refractivity contribution in [3.05, 3.63) is 71.5 Å². The number of likely N-dealkylation sites (tertiary alicyclic amines) is 1. The summed E-state index contributed by atoms with van der Waals surface area (Å²) >= 11 is 0. The molecule has 1 saturated carbocycles. The number of nitrogens with zero attached hydrogens (tertiary/aromatic N) is 1. The summed E-state index contributed by atoms with van der Waals surface area (Å²) in [5.41, 5.74) is 1.17. The highest BCUT2D eigenvalue weighted by Crippen LogP contribution is 2.39. The third-order valence-electron chi connectivity index (χ3n) is 7.31. The van der Waals surface area contributed by atoms with E-state index in [1.807, 2.05) is 18.2 Å². The molecule has 3 atom stereocenters. The topological polar surface area (TPSA) is 72.8 Å². The Kier molecular flexibility index (Phi) is 7.23. The first kappa shape index (κ1) is 22.9. The number of amides is 1. The van der Waals surface area contributed by atoms with Crippen LogP contribution in [0.2, 0.25) is 0 Å². The molecule has 4 rings (SSSR count). The van der Waals surface area contributed by atoms with Gasteiger partial charge in [-0.15, -0.1) is 0 Å². The predicted molar refractivity (Wildman–Crippen MR) is 122 cm³/mol. The minimum atomic E-state index is -0.435. The summed E-state index contributed by atoms with van der Waals surface area (Å²) in [5.74, 6) is -0.714. The van der Waals surface area contributed by atoms with Gasteiger partial charge in [-0.3, -0.25) is 9.69 Å². The van der Waals surface area contributed by atoms with Gasteiger partial charge in [0.15, 0.2) is 0 Å². The van der Waals surface area contributed by atoms with E-state index in [9.17, 15) is 19.4 Å². The van der Waals surface area contributed by atoms with Crippen LogP contribution in [0.25, 0.3) is 0 Å². The van der Waals surface area contributed by atoms with E-state index < -0.39 is 11.9 Å². The standard InChI is InChI=1S/C26H33FN2O3/c27-21-8-4-5-19(17-21)25(32)28-18-26(20-6-2-1-3-7-20)13-9-23(24(31)10-14-26)29-15-11-22(30)12-16-29/h1-8,17,22-24,30-31H,9-16,18H2,(H,28,32)/t23-,24-,26-/m0/s1. The Morgan fingerprint density at radius 3 is 2.44 bits per heavy atom. The van der Waals surface area contributed by atoms with Crippen molar-refractivity contribution in [2.24, 2.45) is 0 Å². The number of aliphatic hydroxyl groups excluding tert-OH is 2. The van der Waals surface area contributed by atoms with Gasteiger partial charge < -0.3 is 15.5 Å². The first-order chi connectivity index (χ1) is 15.5. The summed E-state index contributed by atoms with van der Waals surface area (Å²) in [4.78, 5) is 15.1. The summed E-state index contributed by atoms with van der Waals surface area (Å²) in [7, 11) is 0. The summed E-state index contributed by atoms with van der Waals surface area (Å²) in [6.45, 7) is 2.04. The molecule has 2 fully saturated rings. The maximum atomic E-state index is 13.6. The Morgan fingerprint density at radius 1 is 1.00 bits per heavy atom. The van der Waals surface area contributed by atoms with Crippen LogP contribution in [0.15, 0.2) is 54.6 Å². The van der Waals surface area contributed by atoms with Crippen molar-refractivity contribution in [1.29, 1.82) is 0 Å². The highest BCUT2D eigenvalue weighted by atomic mass is 19.1. The molecule has 2 aliphatic rings. The number of halogens is 1. The van der Waals surface area contributed by atoms with Crippen LogP contribution in [-0.4, -0.2) is 58.9 Å². The van der Waals surface area contributed by atoms with E-state index in [-0.39, 0.29) is 23.5 Å². The molecule has 6 heteroatoms. The fraction of sp³-hybridized carbons (Fsp3) is 0.500. The van der Waals surface area contributed by atoms with Crippen molar-refractivity contribution < 1.29 is 19.4 Å². The number of hydrogen-bond donors (Lipinski definition) is 3. The Labute approximate surface area is 189 Å². The molecular weight excluding hydrogens is 407 g/mol. The SMILES string of the molecule is O=C(NC[C@@]1(c2ccccc2)CC[C@H](O)[C@@H](N2CCC(O)CC2)CC1)c1cccc(F)c1. The van der Waals surface area contributed by atoms with E-state index >= 15 is 0 Å². The number of hydrogen-bond acceptors (Lipinski definition) is 4. The number of nitrogens with one attached hydrogen (secondary N) is 1. The van der Waals surface area contributed by atoms with Crippen LogP contribution in [-0.2, 0) is 5.41 Å². The average molecular weight is 441 g/mol. The highest BCUT2D eigenvalue weighted by molar-refractivity contribution is 5.94. The molecule has 0 bridgehead atoms. The second kappa shape index (κ2) is 10.1. The second-order valence-corrected chi connectivity index (χ2v) is 9.32. The molecule has 0 radical (unpaired) electrons. The van der Waals surface area contributed by atoms with Gasteiger partial charge in [0.05, 0.1) is 12.2 Å². The molecule has 1 amide bonds. The number of piperidine rings is 1. The minimum absolute atomic E-state index is 0.0620. The molecule has 0 spiro atoms. The molecule has 0 aromatic heterocycles. The molecule has 2 aromatic rings. The first-order valence-electron chi connectivity index (χ1n) is 11.7. The van der Waals surface area contributed by atoms with Crippen LogP contribution >= 0.6 is 0 Å². The van der Waals surface area contributed by atoms with E-state index in [1.54, 1.807) is 12.1 Å². The van der Waals surface area contributed by atoms with Crippen molar-refractivity contribution in [1.82, 2.24) is 10.2 Å². The zero-order valence-corrected chi connectivity index (χ0v) is 18.4. The van der Waals surface area contributed by atoms with Gasteiger partial charge in [0.25, 0.3) is 5.91 Å². The van der Waals surface area contributed by atoms with Gasteiger partial charge in [-0.25, -0.2) is 4.39 Å². The monoisotopic (exact) mass is 440 g/mol. The lowest BCUT2D eigenvalue weighted by Gasteiger charge is -2.38. The zero-order valence-electron chi connectivity index (χ0n) is 18.4. The number of carbonyl (C=O) groups is 1. The molecule has 2 aromatic carbocycles. The van der Waals surface area contributed by atoms with Crippen LogP contribution in [0.3, 0.4) is 0 Å². The van der Waals surface area contributed by atoms with Gasteiger partial charge in [0.1, 0.15) is 5.82 Å². The van der Waals surface area contributed by atoms with E-state index in [1.165, 1.54) is 12.1 Å². The largest absolute Gasteiger partial charge is 0.393 e. The Morgan fingerprint density at radius 2 is 1.72 bits per heavy atom. The number of rotatable bonds is 5. The van der Waals surface area contributed by atoms with E-state index in [4.69, 9.17) is 0 Å². The lowest BCUT2D eigenvalue weighted by Crippen LogP contribution is -2.48. The normalized spacial score (nSPS) is 27.6. The summed E-state index contributed by atoms with van der Waals surface area (Å²) in [6, 6.07) is 16.0. The first-order valence-corrected chi connectivity index (χ1v) is 11.7. The molecule has 172 valence electrons. The summed E-state index contributed by atoms with van der Waals surface area (Å²) in [5, 5.41) is 23.9. The fourth-order valence-corrected chi connectivity index (χ4v) is 5.34. The van der Waals surface area contributed by atoms with Crippen LogP contribution in [0, 0.1) is 5.82 Å². The number of carbonyl (C=O) groups excluding carboxylic acids is 1. The summed E-state index contributed by atoms with van der Waals surface area (Å²) < 4.78 is 13.6. The highest BCUT2D eigenvalue weighted by Gasteiger charge is 2.40. The van der Waals surface area contributed by atoms with Crippen LogP contribution in [0.4, 0.5) is 4.39 Å². The van der Waals surface area contributed by atoms with Gasteiger partial charge in [-0.1, -0.05) is 36.4 Å². The molecule has 1 heterocycles. The molecule has 5 nitrogen and oxygen atoms in total. The molecule has 1 aliphatic carbocycles. The Balaban J connectivity index is 1.52. The average Bonchev–Trinajstić information content (AvgIpc) is 2.98. The maximum absolute atomic E-state index is 13.6. The number of benzene rings is 2. The smallest absolute Gasteiger partial charge is 0.251 e. The van der Waals surface area contributed by atoms with Crippen molar-refractivity contribution in [2.45, 2.75) is 62.2 Å². The fourth-order valence-electron chi connectivity index (χ4n) is 5.34. The van der Waals surface area contributed by atoms with Crippen LogP contribution in [0.1, 0.15) is 54.4 Å². The zero-order chi connectivity index (χ0) is 22.6. The van der Waals surface area contributed by atoms with Crippen LogP contribution in [0.5, 0.6) is 0 Å². The summed E-state index contributed by atoms with van der Waals surface area (Å²) in [6.07, 6.45) is 3.88. The van der Waals surface area contributed by atoms with Crippen molar-refractivity contribution in [2.75, 3.05) is 19.6 Å². The van der Waals surface area contributed by atoms with Crippen molar-refractivity contribution >= 4 is 5.91 Å². The molecule has 3 N–H and O–H groups in total. The van der Waals surface area contributed by atoms with Gasteiger partial charge in [0.2, 0.25) is 0 Å².